The number of nitrogens with zero attached hydrogens (tertiary/aromatic N) is 1. The molecule has 2 aromatic rings. The Morgan fingerprint density at radius 3 is 2.55 bits per heavy atom. The molecular weight excluding hydrogens is 294 g/mol. The van der Waals surface area contributed by atoms with E-state index in [1.807, 2.05) is 50.4 Å². The molecule has 1 amide bonds. The molecule has 0 aliphatic heterocycles. The first-order chi connectivity index (χ1) is 10.4. The molecule has 0 radical (unpaired) electrons. The first-order valence-corrected chi connectivity index (χ1v) is 8.49. The molecule has 0 saturated carbocycles. The van der Waals surface area contributed by atoms with Crippen molar-refractivity contribution in [2.24, 2.45) is 0 Å². The summed E-state index contributed by atoms with van der Waals surface area (Å²) in [7, 11) is 0. The van der Waals surface area contributed by atoms with Crippen molar-refractivity contribution >= 4 is 23.1 Å². The topological polar surface area (TPSA) is 29.5 Å². The van der Waals surface area contributed by atoms with Crippen LogP contribution in [0.15, 0.2) is 41.1 Å². The van der Waals surface area contributed by atoms with E-state index in [9.17, 15) is 4.79 Å². The fraction of sp³-hybridized carbons (Fsp3) is 0.389. The van der Waals surface area contributed by atoms with Crippen LogP contribution in [0, 0.1) is 0 Å². The zero-order valence-electron chi connectivity index (χ0n) is 13.6. The molecule has 118 valence electrons. The second kappa shape index (κ2) is 6.97. The molecule has 1 aromatic carbocycles. The van der Waals surface area contributed by atoms with Gasteiger partial charge in [0.2, 0.25) is 0 Å². The number of anilines is 1. The Morgan fingerprint density at radius 2 is 1.95 bits per heavy atom. The van der Waals surface area contributed by atoms with Crippen molar-refractivity contribution in [2.75, 3.05) is 11.4 Å². The van der Waals surface area contributed by atoms with E-state index in [4.69, 9.17) is 4.74 Å². The smallest absolute Gasteiger partial charge is 0.414 e. The maximum absolute atomic E-state index is 12.6. The zero-order chi connectivity index (χ0) is 16.2. The number of carbonyl (C=O) groups excluding carboxylic acids is 1. The molecule has 2 rings (SSSR count). The lowest BCUT2D eigenvalue weighted by Gasteiger charge is -2.28. The van der Waals surface area contributed by atoms with Gasteiger partial charge in [0.15, 0.2) is 0 Å². The normalized spacial score (nSPS) is 11.3. The van der Waals surface area contributed by atoms with Gasteiger partial charge in [0.25, 0.3) is 0 Å². The van der Waals surface area contributed by atoms with Crippen molar-refractivity contribution in [3.05, 3.63) is 41.1 Å². The maximum Gasteiger partial charge on any atom is 0.414 e. The second-order valence-corrected chi connectivity index (χ2v) is 6.94. The van der Waals surface area contributed by atoms with E-state index in [0.717, 1.165) is 23.2 Å². The Bertz CT molecular complexity index is 614. The highest BCUT2D eigenvalue weighted by atomic mass is 32.1. The molecule has 0 unspecified atom stereocenters. The molecule has 1 heterocycles. The summed E-state index contributed by atoms with van der Waals surface area (Å²) in [6.07, 6.45) is 0.578. The molecule has 0 atom stereocenters. The first-order valence-electron chi connectivity index (χ1n) is 7.54. The quantitative estimate of drug-likeness (QED) is 0.738. The number of carbonyl (C=O) groups is 1. The molecule has 0 saturated heterocycles. The summed E-state index contributed by atoms with van der Waals surface area (Å²) >= 11 is 1.65. The SMILES string of the molecule is CCCN(C(=O)OC(C)(C)C)c1ccccc1-c1ccsc1. The predicted molar refractivity (Wildman–Crippen MR) is 93.6 cm³/mol. The van der Waals surface area contributed by atoms with E-state index in [0.29, 0.717) is 6.54 Å². The van der Waals surface area contributed by atoms with Gasteiger partial charge in [-0.2, -0.15) is 11.3 Å². The summed E-state index contributed by atoms with van der Waals surface area (Å²) in [5, 5.41) is 4.14. The van der Waals surface area contributed by atoms with Crippen LogP contribution < -0.4 is 4.90 Å². The van der Waals surface area contributed by atoms with E-state index in [2.05, 4.69) is 18.4 Å². The summed E-state index contributed by atoms with van der Waals surface area (Å²) in [5.41, 5.74) is 2.59. The minimum absolute atomic E-state index is 0.294. The number of para-hydroxylation sites is 1. The molecular formula is C18H23NO2S. The van der Waals surface area contributed by atoms with Crippen LogP contribution in [0.5, 0.6) is 0 Å². The fourth-order valence-electron chi connectivity index (χ4n) is 2.22. The van der Waals surface area contributed by atoms with Gasteiger partial charge in [-0.15, -0.1) is 0 Å². The van der Waals surface area contributed by atoms with E-state index in [1.165, 1.54) is 0 Å². The van der Waals surface area contributed by atoms with E-state index >= 15 is 0 Å². The van der Waals surface area contributed by atoms with Gasteiger partial charge in [0, 0.05) is 12.1 Å². The molecule has 1 aromatic heterocycles. The number of thiophene rings is 1. The Hall–Kier alpha value is -1.81. The summed E-state index contributed by atoms with van der Waals surface area (Å²) in [4.78, 5) is 14.3. The van der Waals surface area contributed by atoms with Gasteiger partial charge in [0.05, 0.1) is 5.69 Å². The zero-order valence-corrected chi connectivity index (χ0v) is 14.4. The van der Waals surface area contributed by atoms with E-state index in [-0.39, 0.29) is 6.09 Å². The minimum Gasteiger partial charge on any atom is -0.443 e. The molecule has 3 nitrogen and oxygen atoms in total. The van der Waals surface area contributed by atoms with Gasteiger partial charge >= 0.3 is 6.09 Å². The van der Waals surface area contributed by atoms with Gasteiger partial charge in [-0.1, -0.05) is 25.1 Å². The predicted octanol–water partition coefficient (Wildman–Crippen LogP) is 5.57. The molecule has 4 heteroatoms. The minimum atomic E-state index is -0.500. The maximum atomic E-state index is 12.6. The van der Waals surface area contributed by atoms with Crippen LogP contribution in [0.2, 0.25) is 0 Å². The third kappa shape index (κ3) is 4.10. The van der Waals surface area contributed by atoms with Gasteiger partial charge in [0.1, 0.15) is 5.60 Å². The lowest BCUT2D eigenvalue weighted by molar-refractivity contribution is 0.0580. The monoisotopic (exact) mass is 317 g/mol. The molecule has 22 heavy (non-hydrogen) atoms. The lowest BCUT2D eigenvalue weighted by Crippen LogP contribution is -2.37. The highest BCUT2D eigenvalue weighted by Crippen LogP contribution is 2.33. The van der Waals surface area contributed by atoms with Crippen LogP contribution >= 0.6 is 11.3 Å². The average molecular weight is 317 g/mol. The van der Waals surface area contributed by atoms with Crippen molar-refractivity contribution in [3.63, 3.8) is 0 Å². The number of hydrogen-bond acceptors (Lipinski definition) is 3. The van der Waals surface area contributed by atoms with Crippen molar-refractivity contribution in [3.8, 4) is 11.1 Å². The third-order valence-corrected chi connectivity index (χ3v) is 3.77. The molecule has 0 fully saturated rings. The van der Waals surface area contributed by atoms with Crippen LogP contribution in [-0.2, 0) is 4.74 Å². The highest BCUT2D eigenvalue weighted by Gasteiger charge is 2.24. The Labute approximate surface area is 136 Å². The number of ether oxygens (including phenoxy) is 1. The van der Waals surface area contributed by atoms with Crippen molar-refractivity contribution < 1.29 is 9.53 Å². The first kappa shape index (κ1) is 16.6. The summed E-state index contributed by atoms with van der Waals surface area (Å²) in [5.74, 6) is 0. The van der Waals surface area contributed by atoms with Gasteiger partial charge in [-0.05, 0) is 55.6 Å². The summed E-state index contributed by atoms with van der Waals surface area (Å²) in [6.45, 7) is 8.36. The largest absolute Gasteiger partial charge is 0.443 e. The van der Waals surface area contributed by atoms with Gasteiger partial charge in [-0.25, -0.2) is 4.79 Å². The fourth-order valence-corrected chi connectivity index (χ4v) is 2.88. The third-order valence-electron chi connectivity index (χ3n) is 3.09. The molecule has 0 aliphatic carbocycles. The molecule has 0 aliphatic rings. The van der Waals surface area contributed by atoms with Crippen LogP contribution in [0.1, 0.15) is 34.1 Å². The van der Waals surface area contributed by atoms with Crippen molar-refractivity contribution in [1.29, 1.82) is 0 Å². The number of hydrogen-bond donors (Lipinski definition) is 0. The number of amides is 1. The van der Waals surface area contributed by atoms with E-state index < -0.39 is 5.60 Å². The summed E-state index contributed by atoms with van der Waals surface area (Å²) < 4.78 is 5.57. The molecule has 0 spiro atoms. The Morgan fingerprint density at radius 1 is 1.23 bits per heavy atom. The lowest BCUT2D eigenvalue weighted by atomic mass is 10.1. The molecule has 0 N–H and O–H groups in total. The average Bonchev–Trinajstić information content (AvgIpc) is 2.97. The standard InChI is InChI=1S/C18H23NO2S/c1-5-11-19(17(20)21-18(2,3)4)16-9-7-6-8-15(16)14-10-12-22-13-14/h6-10,12-13H,5,11H2,1-4H3. The Kier molecular flexibility index (Phi) is 5.24. The highest BCUT2D eigenvalue weighted by molar-refractivity contribution is 7.08. The number of rotatable bonds is 4. The van der Waals surface area contributed by atoms with Crippen LogP contribution in [0.4, 0.5) is 10.5 Å². The van der Waals surface area contributed by atoms with E-state index in [1.54, 1.807) is 16.2 Å². The van der Waals surface area contributed by atoms with Gasteiger partial charge < -0.3 is 4.74 Å². The van der Waals surface area contributed by atoms with Crippen LogP contribution in [0.25, 0.3) is 11.1 Å². The second-order valence-electron chi connectivity index (χ2n) is 6.16. The Balaban J connectivity index is 2.39. The number of benzene rings is 1. The van der Waals surface area contributed by atoms with Gasteiger partial charge in [-0.3, -0.25) is 4.90 Å². The van der Waals surface area contributed by atoms with Crippen molar-refractivity contribution in [1.82, 2.24) is 0 Å². The van der Waals surface area contributed by atoms with Crippen LogP contribution in [-0.4, -0.2) is 18.2 Å². The summed E-state index contributed by atoms with van der Waals surface area (Å²) in [6, 6.07) is 10.0. The molecule has 0 bridgehead atoms. The van der Waals surface area contributed by atoms with Crippen LogP contribution in [0.3, 0.4) is 0 Å². The van der Waals surface area contributed by atoms with Crippen molar-refractivity contribution in [2.45, 2.75) is 39.7 Å².